The number of hydrogen-bond donors (Lipinski definition) is 0. The lowest BCUT2D eigenvalue weighted by Crippen LogP contribution is -1.99. The minimum Gasteiger partial charge on any atom is -0.496 e. The van der Waals surface area contributed by atoms with E-state index in [0.717, 1.165) is 22.4 Å². The van der Waals surface area contributed by atoms with E-state index in [9.17, 15) is 0 Å². The Balaban J connectivity index is 3.40. The molecule has 0 heterocycles. The van der Waals surface area contributed by atoms with Crippen LogP contribution in [0.4, 0.5) is 0 Å². The van der Waals surface area contributed by atoms with Crippen molar-refractivity contribution in [3.05, 3.63) is 28.3 Å². The lowest BCUT2D eigenvalue weighted by Gasteiger charge is -2.14. The second kappa shape index (κ2) is 4.15. The molecule has 0 saturated carbocycles. The first-order valence-corrected chi connectivity index (χ1v) is 4.62. The zero-order valence-electron chi connectivity index (χ0n) is 9.14. The number of hydrogen-bond acceptors (Lipinski definition) is 2. The predicted octanol–water partition coefficient (Wildman–Crippen LogP) is 2.69. The van der Waals surface area contributed by atoms with Crippen molar-refractivity contribution in [3.63, 3.8) is 0 Å². The highest BCUT2D eigenvalue weighted by atomic mass is 16.5. The molecule has 0 aromatic heterocycles. The molecule has 0 atom stereocenters. The molecule has 2 heteroatoms. The molecule has 0 aliphatic heterocycles. The Morgan fingerprint density at radius 1 is 1.29 bits per heavy atom. The second-order valence-electron chi connectivity index (χ2n) is 3.48. The van der Waals surface area contributed by atoms with Crippen molar-refractivity contribution in [2.45, 2.75) is 27.2 Å². The predicted molar refractivity (Wildman–Crippen MR) is 56.5 cm³/mol. The minimum atomic E-state index is 0.413. The van der Waals surface area contributed by atoms with Crippen molar-refractivity contribution in [1.82, 2.24) is 0 Å². The van der Waals surface area contributed by atoms with E-state index >= 15 is 0 Å². The number of benzene rings is 1. The third-order valence-electron chi connectivity index (χ3n) is 2.58. The van der Waals surface area contributed by atoms with Crippen LogP contribution < -0.4 is 4.74 Å². The van der Waals surface area contributed by atoms with Gasteiger partial charge in [0.2, 0.25) is 0 Å². The fourth-order valence-electron chi connectivity index (χ4n) is 1.68. The van der Waals surface area contributed by atoms with Crippen LogP contribution in [0.2, 0.25) is 0 Å². The number of nitrogens with zero attached hydrogens (tertiary/aromatic N) is 1. The maximum absolute atomic E-state index is 8.72. The largest absolute Gasteiger partial charge is 0.496 e. The zero-order valence-corrected chi connectivity index (χ0v) is 9.14. The van der Waals surface area contributed by atoms with Crippen LogP contribution in [0.25, 0.3) is 0 Å². The van der Waals surface area contributed by atoms with E-state index in [1.807, 2.05) is 13.8 Å². The SMILES string of the molecule is COc1c(C)c(C)cc(C)c1CC#N. The highest BCUT2D eigenvalue weighted by molar-refractivity contribution is 5.50. The van der Waals surface area contributed by atoms with E-state index in [1.54, 1.807) is 7.11 Å². The Bertz CT molecular complexity index is 388. The highest BCUT2D eigenvalue weighted by Gasteiger charge is 2.11. The molecule has 1 aromatic rings. The van der Waals surface area contributed by atoms with E-state index in [0.29, 0.717) is 6.42 Å². The van der Waals surface area contributed by atoms with Gasteiger partial charge in [0.15, 0.2) is 0 Å². The molecule has 0 unspecified atom stereocenters. The topological polar surface area (TPSA) is 33.0 Å². The van der Waals surface area contributed by atoms with Gasteiger partial charge in [0, 0.05) is 5.56 Å². The molecular weight excluding hydrogens is 174 g/mol. The summed E-state index contributed by atoms with van der Waals surface area (Å²) >= 11 is 0. The smallest absolute Gasteiger partial charge is 0.126 e. The van der Waals surface area contributed by atoms with Crippen molar-refractivity contribution in [2.24, 2.45) is 0 Å². The third kappa shape index (κ3) is 1.72. The summed E-state index contributed by atoms with van der Waals surface area (Å²) in [5.74, 6) is 0.865. The van der Waals surface area contributed by atoms with Gasteiger partial charge in [0.05, 0.1) is 19.6 Å². The Hall–Kier alpha value is -1.49. The highest BCUT2D eigenvalue weighted by Crippen LogP contribution is 2.29. The fraction of sp³-hybridized carbons (Fsp3) is 0.417. The first-order chi connectivity index (χ1) is 6.61. The molecule has 0 saturated heterocycles. The first kappa shape index (κ1) is 10.6. The van der Waals surface area contributed by atoms with Crippen LogP contribution in [0.5, 0.6) is 5.75 Å². The summed E-state index contributed by atoms with van der Waals surface area (Å²) in [6.07, 6.45) is 0.413. The minimum absolute atomic E-state index is 0.413. The molecule has 0 N–H and O–H groups in total. The van der Waals surface area contributed by atoms with Crippen LogP contribution in [0.3, 0.4) is 0 Å². The second-order valence-corrected chi connectivity index (χ2v) is 3.48. The van der Waals surface area contributed by atoms with Crippen molar-refractivity contribution in [3.8, 4) is 11.8 Å². The van der Waals surface area contributed by atoms with Crippen molar-refractivity contribution in [1.29, 1.82) is 5.26 Å². The number of rotatable bonds is 2. The molecule has 1 aromatic carbocycles. The summed E-state index contributed by atoms with van der Waals surface area (Å²) in [5, 5.41) is 8.72. The summed E-state index contributed by atoms with van der Waals surface area (Å²) in [6.45, 7) is 6.09. The zero-order chi connectivity index (χ0) is 10.7. The molecule has 1 rings (SSSR count). The van der Waals surface area contributed by atoms with Gasteiger partial charge < -0.3 is 4.74 Å². The van der Waals surface area contributed by atoms with Crippen molar-refractivity contribution >= 4 is 0 Å². The molecule has 0 bridgehead atoms. The van der Waals surface area contributed by atoms with Gasteiger partial charge in [-0.05, 0) is 37.5 Å². The van der Waals surface area contributed by atoms with Gasteiger partial charge in [-0.3, -0.25) is 0 Å². The average Bonchev–Trinajstić information content (AvgIpc) is 2.15. The third-order valence-corrected chi connectivity index (χ3v) is 2.58. The maximum atomic E-state index is 8.72. The van der Waals surface area contributed by atoms with Crippen LogP contribution in [0.15, 0.2) is 6.07 Å². The summed E-state index contributed by atoms with van der Waals surface area (Å²) in [6, 6.07) is 4.27. The Labute approximate surface area is 85.1 Å². The summed E-state index contributed by atoms with van der Waals surface area (Å²) in [4.78, 5) is 0. The molecule has 0 fully saturated rings. The van der Waals surface area contributed by atoms with Crippen molar-refractivity contribution < 1.29 is 4.74 Å². The van der Waals surface area contributed by atoms with Gasteiger partial charge in [-0.2, -0.15) is 5.26 Å². The van der Waals surface area contributed by atoms with E-state index in [2.05, 4.69) is 19.1 Å². The Morgan fingerprint density at radius 2 is 1.93 bits per heavy atom. The van der Waals surface area contributed by atoms with E-state index in [-0.39, 0.29) is 0 Å². The number of methoxy groups -OCH3 is 1. The number of ether oxygens (including phenoxy) is 1. The van der Waals surface area contributed by atoms with E-state index in [4.69, 9.17) is 10.00 Å². The van der Waals surface area contributed by atoms with E-state index < -0.39 is 0 Å². The standard InChI is InChI=1S/C12H15NO/c1-8-7-9(2)11(5-6-13)12(14-4)10(8)3/h7H,5H2,1-4H3. The quantitative estimate of drug-likeness (QED) is 0.716. The van der Waals surface area contributed by atoms with Crippen LogP contribution in [0, 0.1) is 32.1 Å². The van der Waals surface area contributed by atoms with E-state index in [1.165, 1.54) is 5.56 Å². The average molecular weight is 189 g/mol. The molecule has 0 amide bonds. The Morgan fingerprint density at radius 3 is 2.43 bits per heavy atom. The number of aryl methyl sites for hydroxylation is 2. The van der Waals surface area contributed by atoms with Crippen LogP contribution in [-0.2, 0) is 6.42 Å². The first-order valence-electron chi connectivity index (χ1n) is 4.62. The van der Waals surface area contributed by atoms with Gasteiger partial charge in [-0.25, -0.2) is 0 Å². The van der Waals surface area contributed by atoms with Gasteiger partial charge in [0.25, 0.3) is 0 Å². The Kier molecular flexibility index (Phi) is 3.14. The summed E-state index contributed by atoms with van der Waals surface area (Å²) in [7, 11) is 1.65. The normalized spacial score (nSPS) is 9.64. The molecule has 74 valence electrons. The van der Waals surface area contributed by atoms with Gasteiger partial charge in [-0.15, -0.1) is 0 Å². The summed E-state index contributed by atoms with van der Waals surface area (Å²) < 4.78 is 5.34. The lowest BCUT2D eigenvalue weighted by molar-refractivity contribution is 0.407. The van der Waals surface area contributed by atoms with Gasteiger partial charge in [-0.1, -0.05) is 6.07 Å². The van der Waals surface area contributed by atoms with Gasteiger partial charge in [0.1, 0.15) is 5.75 Å². The monoisotopic (exact) mass is 189 g/mol. The van der Waals surface area contributed by atoms with Gasteiger partial charge >= 0.3 is 0 Å². The number of nitriles is 1. The van der Waals surface area contributed by atoms with Crippen LogP contribution in [0.1, 0.15) is 22.3 Å². The van der Waals surface area contributed by atoms with Crippen LogP contribution in [-0.4, -0.2) is 7.11 Å². The molecule has 2 nitrogen and oxygen atoms in total. The molecular formula is C12H15NO. The fourth-order valence-corrected chi connectivity index (χ4v) is 1.68. The molecule has 0 radical (unpaired) electrons. The molecule has 0 aliphatic rings. The van der Waals surface area contributed by atoms with Crippen molar-refractivity contribution in [2.75, 3.05) is 7.11 Å². The molecule has 14 heavy (non-hydrogen) atoms. The summed E-state index contributed by atoms with van der Waals surface area (Å²) in [5.41, 5.74) is 4.48. The van der Waals surface area contributed by atoms with Crippen LogP contribution >= 0.6 is 0 Å². The molecule has 0 aliphatic carbocycles. The maximum Gasteiger partial charge on any atom is 0.126 e. The lowest BCUT2D eigenvalue weighted by atomic mass is 9.97. The molecule has 0 spiro atoms.